The summed E-state index contributed by atoms with van der Waals surface area (Å²) in [5.74, 6) is -2.90. The number of aliphatic carboxylic acids is 1. The first kappa shape index (κ1) is 22.2. The van der Waals surface area contributed by atoms with Gasteiger partial charge in [0.05, 0.1) is 12.1 Å². The fourth-order valence-electron chi connectivity index (χ4n) is 2.66. The van der Waals surface area contributed by atoms with Gasteiger partial charge in [-0.05, 0) is 26.7 Å². The number of likely N-dealkylation sites (tertiary alicyclic amines) is 1. The zero-order chi connectivity index (χ0) is 20.0. The normalized spacial score (nSPS) is 21.4. The van der Waals surface area contributed by atoms with Crippen LogP contribution in [0.15, 0.2) is 0 Å². The van der Waals surface area contributed by atoms with Crippen molar-refractivity contribution in [3.8, 4) is 0 Å². The van der Waals surface area contributed by atoms with Gasteiger partial charge in [-0.2, -0.15) is 12.6 Å². The molecule has 11 heteroatoms. The molecule has 1 heterocycles. The van der Waals surface area contributed by atoms with Gasteiger partial charge in [-0.1, -0.05) is 0 Å². The van der Waals surface area contributed by atoms with Crippen molar-refractivity contribution in [2.45, 2.75) is 57.0 Å². The number of thiol groups is 1. The van der Waals surface area contributed by atoms with Crippen LogP contribution in [0.3, 0.4) is 0 Å². The first-order valence-electron chi connectivity index (χ1n) is 8.28. The molecule has 1 rings (SSSR count). The Balaban J connectivity index is 2.76. The zero-order valence-electron chi connectivity index (χ0n) is 14.7. The van der Waals surface area contributed by atoms with Gasteiger partial charge < -0.3 is 31.5 Å². The van der Waals surface area contributed by atoms with Crippen LogP contribution in [0, 0.1) is 0 Å². The van der Waals surface area contributed by atoms with Crippen molar-refractivity contribution in [1.29, 1.82) is 0 Å². The van der Waals surface area contributed by atoms with E-state index in [1.165, 1.54) is 18.7 Å². The largest absolute Gasteiger partial charge is 0.480 e. The molecule has 1 saturated heterocycles. The van der Waals surface area contributed by atoms with Crippen molar-refractivity contribution in [3.63, 3.8) is 0 Å². The van der Waals surface area contributed by atoms with Crippen LogP contribution in [0.1, 0.15) is 26.7 Å². The van der Waals surface area contributed by atoms with Gasteiger partial charge in [0.15, 0.2) is 6.04 Å². The Bertz CT molecular complexity index is 558. The summed E-state index contributed by atoms with van der Waals surface area (Å²) in [5, 5.41) is 23.2. The third kappa shape index (κ3) is 5.58. The highest BCUT2D eigenvalue weighted by Gasteiger charge is 2.38. The Morgan fingerprint density at radius 3 is 2.38 bits per heavy atom. The molecule has 0 aromatic carbocycles. The maximum atomic E-state index is 12.6. The summed E-state index contributed by atoms with van der Waals surface area (Å²) in [6.45, 7) is 3.04. The maximum Gasteiger partial charge on any atom is 0.328 e. The first-order chi connectivity index (χ1) is 12.1. The highest BCUT2D eigenvalue weighted by atomic mass is 32.1. The van der Waals surface area contributed by atoms with Crippen LogP contribution in [0.2, 0.25) is 0 Å². The second-order valence-electron chi connectivity index (χ2n) is 6.27. The van der Waals surface area contributed by atoms with Gasteiger partial charge in [0.25, 0.3) is 0 Å². The van der Waals surface area contributed by atoms with Crippen LogP contribution in [0.25, 0.3) is 0 Å². The van der Waals surface area contributed by atoms with Crippen LogP contribution in [-0.4, -0.2) is 81.4 Å². The number of carboxylic acid groups (broad SMARTS) is 1. The smallest absolute Gasteiger partial charge is 0.328 e. The van der Waals surface area contributed by atoms with Crippen LogP contribution in [0.4, 0.5) is 0 Å². The number of nitrogens with two attached hydrogens (primary N) is 1. The Labute approximate surface area is 156 Å². The lowest BCUT2D eigenvalue weighted by Gasteiger charge is -2.28. The van der Waals surface area contributed by atoms with E-state index in [4.69, 9.17) is 10.8 Å². The third-order valence-electron chi connectivity index (χ3n) is 4.15. The molecule has 1 fully saturated rings. The molecule has 0 aliphatic carbocycles. The molecule has 3 amide bonds. The lowest BCUT2D eigenvalue weighted by molar-refractivity contribution is -0.147. The summed E-state index contributed by atoms with van der Waals surface area (Å²) in [6, 6.07) is -4.07. The first-order valence-corrected chi connectivity index (χ1v) is 8.91. The fraction of sp³-hybridized carbons (Fsp3) is 0.733. The van der Waals surface area contributed by atoms with Crippen molar-refractivity contribution in [2.24, 2.45) is 5.73 Å². The summed E-state index contributed by atoms with van der Waals surface area (Å²) in [7, 11) is 0. The van der Waals surface area contributed by atoms with Gasteiger partial charge in [-0.15, -0.1) is 0 Å². The Kier molecular flexibility index (Phi) is 8.31. The average molecular weight is 390 g/mol. The van der Waals surface area contributed by atoms with E-state index in [0.717, 1.165) is 0 Å². The lowest BCUT2D eigenvalue weighted by Crippen LogP contribution is -2.57. The predicted molar refractivity (Wildman–Crippen MR) is 95.4 cm³/mol. The zero-order valence-corrected chi connectivity index (χ0v) is 15.6. The Hall–Kier alpha value is -1.85. The van der Waals surface area contributed by atoms with Crippen molar-refractivity contribution in [3.05, 3.63) is 0 Å². The van der Waals surface area contributed by atoms with Crippen LogP contribution >= 0.6 is 12.6 Å². The van der Waals surface area contributed by atoms with Gasteiger partial charge >= 0.3 is 5.97 Å². The summed E-state index contributed by atoms with van der Waals surface area (Å²) >= 11 is 3.92. The number of rotatable bonds is 8. The molecule has 0 spiro atoms. The number of aliphatic hydroxyl groups is 1. The van der Waals surface area contributed by atoms with Crippen molar-refractivity contribution in [1.82, 2.24) is 15.5 Å². The highest BCUT2D eigenvalue weighted by Crippen LogP contribution is 2.19. The molecule has 6 N–H and O–H groups in total. The monoisotopic (exact) mass is 390 g/mol. The molecule has 0 radical (unpaired) electrons. The van der Waals surface area contributed by atoms with Crippen molar-refractivity contribution in [2.75, 3.05) is 12.3 Å². The molecular weight excluding hydrogens is 364 g/mol. The summed E-state index contributed by atoms with van der Waals surface area (Å²) < 4.78 is 0. The SMILES string of the molecule is CC(NC(=O)C(N)CS)C(=O)N1CCCC1C(=O)NC(C(=O)O)C(C)O. The minimum atomic E-state index is -1.47. The van der Waals surface area contributed by atoms with Gasteiger partial charge in [0.2, 0.25) is 17.7 Å². The number of nitrogens with zero attached hydrogens (tertiary/aromatic N) is 1. The molecule has 10 nitrogen and oxygen atoms in total. The number of hydrogen-bond donors (Lipinski definition) is 6. The third-order valence-corrected chi connectivity index (χ3v) is 4.54. The summed E-state index contributed by atoms with van der Waals surface area (Å²) in [4.78, 5) is 49.1. The Morgan fingerprint density at radius 1 is 1.27 bits per heavy atom. The highest BCUT2D eigenvalue weighted by molar-refractivity contribution is 7.80. The van der Waals surface area contributed by atoms with Crippen LogP contribution in [-0.2, 0) is 19.2 Å². The van der Waals surface area contributed by atoms with E-state index in [1.807, 2.05) is 0 Å². The van der Waals surface area contributed by atoms with E-state index in [0.29, 0.717) is 19.4 Å². The quantitative estimate of drug-likeness (QED) is 0.254. The molecule has 0 bridgehead atoms. The summed E-state index contributed by atoms with van der Waals surface area (Å²) in [5.41, 5.74) is 5.55. The molecule has 1 aliphatic rings. The van der Waals surface area contributed by atoms with Crippen molar-refractivity contribution < 1.29 is 29.4 Å². The summed E-state index contributed by atoms with van der Waals surface area (Å²) in [6.07, 6.45) is -0.365. The van der Waals surface area contributed by atoms with Crippen LogP contribution < -0.4 is 16.4 Å². The minimum Gasteiger partial charge on any atom is -0.480 e. The number of carbonyl (C=O) groups excluding carboxylic acids is 3. The van der Waals surface area contributed by atoms with E-state index in [2.05, 4.69) is 23.3 Å². The number of carboxylic acids is 1. The number of nitrogens with one attached hydrogen (secondary N) is 2. The van der Waals surface area contributed by atoms with Gasteiger partial charge in [0.1, 0.15) is 12.1 Å². The second kappa shape index (κ2) is 9.74. The molecule has 0 saturated carbocycles. The van der Waals surface area contributed by atoms with Gasteiger partial charge in [-0.3, -0.25) is 14.4 Å². The molecule has 5 unspecified atom stereocenters. The van der Waals surface area contributed by atoms with E-state index in [-0.39, 0.29) is 5.75 Å². The topological polar surface area (TPSA) is 162 Å². The molecule has 5 atom stereocenters. The van der Waals surface area contributed by atoms with E-state index < -0.39 is 54.0 Å². The lowest BCUT2D eigenvalue weighted by atomic mass is 10.1. The number of carbonyl (C=O) groups is 4. The van der Waals surface area contributed by atoms with Gasteiger partial charge in [-0.25, -0.2) is 4.79 Å². The maximum absolute atomic E-state index is 12.6. The molecule has 148 valence electrons. The van der Waals surface area contributed by atoms with E-state index in [9.17, 15) is 24.3 Å². The molecular formula is C15H26N4O6S. The average Bonchev–Trinajstić information content (AvgIpc) is 3.06. The molecule has 0 aromatic heterocycles. The minimum absolute atomic E-state index is 0.122. The fourth-order valence-corrected chi connectivity index (χ4v) is 2.82. The van der Waals surface area contributed by atoms with Gasteiger partial charge in [0, 0.05) is 12.3 Å². The molecule has 1 aliphatic heterocycles. The predicted octanol–water partition coefficient (Wildman–Crippen LogP) is -2.31. The van der Waals surface area contributed by atoms with Crippen molar-refractivity contribution >= 4 is 36.3 Å². The van der Waals surface area contributed by atoms with E-state index in [1.54, 1.807) is 0 Å². The number of amides is 3. The molecule has 26 heavy (non-hydrogen) atoms. The number of aliphatic hydroxyl groups excluding tert-OH is 1. The second-order valence-corrected chi connectivity index (χ2v) is 6.64. The Morgan fingerprint density at radius 2 is 1.88 bits per heavy atom. The van der Waals surface area contributed by atoms with E-state index >= 15 is 0 Å². The molecule has 0 aromatic rings. The standard InChI is InChI=1S/C15H26N4O6S/c1-7(17-12(21)9(16)6-26)14(23)19-5-3-4-10(19)13(22)18-11(8(2)20)15(24)25/h7-11,20,26H,3-6,16H2,1-2H3,(H,17,21)(H,18,22)(H,24,25). The van der Waals surface area contributed by atoms with Crippen LogP contribution in [0.5, 0.6) is 0 Å². The number of hydrogen-bond acceptors (Lipinski definition) is 7.